The van der Waals surface area contributed by atoms with Crippen LogP contribution in [0.2, 0.25) is 0 Å². The summed E-state index contributed by atoms with van der Waals surface area (Å²) in [5.41, 5.74) is 4.87. The lowest BCUT2D eigenvalue weighted by Gasteiger charge is -2.13. The van der Waals surface area contributed by atoms with E-state index in [1.54, 1.807) is 43.3 Å². The van der Waals surface area contributed by atoms with E-state index in [0.29, 0.717) is 39.0 Å². The number of aromatic amines is 1. The predicted molar refractivity (Wildman–Crippen MR) is 112 cm³/mol. The number of para-hydroxylation sites is 1. The molecule has 1 amide bonds. The minimum Gasteiger partial charge on any atom is -0.490 e. The summed E-state index contributed by atoms with van der Waals surface area (Å²) in [5, 5.41) is 4.37. The number of H-pyrrole nitrogens is 1. The van der Waals surface area contributed by atoms with Crippen molar-refractivity contribution >= 4 is 39.0 Å². The van der Waals surface area contributed by atoms with Gasteiger partial charge < -0.3 is 20.2 Å². The van der Waals surface area contributed by atoms with E-state index in [9.17, 15) is 14.4 Å². The first-order valence-electron chi connectivity index (χ1n) is 8.56. The number of halogens is 1. The topological polar surface area (TPSA) is 129 Å². The molecule has 0 atom stereocenters. The number of carbonyl (C=O) groups is 1. The molecule has 1 heterocycles. The number of aromatic nitrogens is 2. The van der Waals surface area contributed by atoms with Gasteiger partial charge in [0.1, 0.15) is 0 Å². The molecule has 1 aromatic heterocycles. The van der Waals surface area contributed by atoms with Crippen LogP contribution in [0.4, 0.5) is 0 Å². The van der Waals surface area contributed by atoms with E-state index >= 15 is 0 Å². The summed E-state index contributed by atoms with van der Waals surface area (Å²) < 4.78 is 12.2. The van der Waals surface area contributed by atoms with Crippen molar-refractivity contribution in [2.45, 2.75) is 6.92 Å². The van der Waals surface area contributed by atoms with Gasteiger partial charge in [-0.05, 0) is 47.1 Å². The predicted octanol–water partition coefficient (Wildman–Crippen LogP) is 1.60. The number of hydrogen-bond donors (Lipinski definition) is 2. The molecule has 0 unspecified atom stereocenters. The standard InChI is InChI=1S/C19H17BrN4O5/c1-2-28-15-7-11(13(20)8-16(15)29-10-17(21)25)9-22-24-18(26)12-5-3-4-6-14(12)23-19(24)27/h3-9H,2,10H2,1H3,(H2,21,25)(H,23,27). The molecule has 0 saturated heterocycles. The Morgan fingerprint density at radius 1 is 1.24 bits per heavy atom. The highest BCUT2D eigenvalue weighted by Crippen LogP contribution is 2.33. The van der Waals surface area contributed by atoms with Gasteiger partial charge in [-0.3, -0.25) is 9.59 Å². The van der Waals surface area contributed by atoms with E-state index in [4.69, 9.17) is 15.2 Å². The Balaban J connectivity index is 2.01. The lowest BCUT2D eigenvalue weighted by molar-refractivity contribution is -0.119. The number of benzene rings is 2. The van der Waals surface area contributed by atoms with Gasteiger partial charge in [-0.15, -0.1) is 4.68 Å². The SMILES string of the molecule is CCOc1cc(C=Nn2c(=O)[nH]c3ccccc3c2=O)c(Br)cc1OCC(N)=O. The summed E-state index contributed by atoms with van der Waals surface area (Å²) in [6.07, 6.45) is 1.34. The molecule has 0 aliphatic rings. The minimum absolute atomic E-state index is 0.304. The van der Waals surface area contributed by atoms with Crippen molar-refractivity contribution in [3.05, 3.63) is 67.3 Å². The molecular formula is C19H17BrN4O5. The molecule has 3 rings (SSSR count). The molecule has 0 saturated carbocycles. The summed E-state index contributed by atoms with van der Waals surface area (Å²) >= 11 is 3.37. The highest BCUT2D eigenvalue weighted by Gasteiger charge is 2.12. The number of nitrogens with zero attached hydrogens (tertiary/aromatic N) is 2. The number of rotatable bonds is 7. The van der Waals surface area contributed by atoms with Crippen LogP contribution in [-0.2, 0) is 4.79 Å². The third-order valence-corrected chi connectivity index (χ3v) is 4.52. The molecule has 3 N–H and O–H groups in total. The molecular weight excluding hydrogens is 444 g/mol. The average Bonchev–Trinajstić information content (AvgIpc) is 2.68. The summed E-state index contributed by atoms with van der Waals surface area (Å²) in [6, 6.07) is 9.86. The second-order valence-corrected chi connectivity index (χ2v) is 6.70. The Kier molecular flexibility index (Phi) is 6.13. The van der Waals surface area contributed by atoms with Gasteiger partial charge in [0.15, 0.2) is 18.1 Å². The largest absolute Gasteiger partial charge is 0.490 e. The molecule has 0 spiro atoms. The van der Waals surface area contributed by atoms with Crippen molar-refractivity contribution in [1.82, 2.24) is 9.66 Å². The highest BCUT2D eigenvalue weighted by atomic mass is 79.9. The van der Waals surface area contributed by atoms with E-state index in [-0.39, 0.29) is 6.61 Å². The Hall–Kier alpha value is -3.40. The van der Waals surface area contributed by atoms with E-state index < -0.39 is 17.2 Å². The fourth-order valence-electron chi connectivity index (χ4n) is 2.56. The molecule has 3 aromatic rings. The smallest absolute Gasteiger partial charge is 0.349 e. The van der Waals surface area contributed by atoms with Crippen LogP contribution in [0.1, 0.15) is 12.5 Å². The van der Waals surface area contributed by atoms with Crippen LogP contribution in [0.15, 0.2) is 55.6 Å². The van der Waals surface area contributed by atoms with Gasteiger partial charge in [-0.25, -0.2) is 4.79 Å². The van der Waals surface area contributed by atoms with Crippen molar-refractivity contribution in [3.63, 3.8) is 0 Å². The van der Waals surface area contributed by atoms with Crippen LogP contribution < -0.4 is 26.5 Å². The first-order chi connectivity index (χ1) is 13.9. The quantitative estimate of drug-likeness (QED) is 0.517. The number of nitrogens with one attached hydrogen (secondary N) is 1. The first kappa shape index (κ1) is 20.3. The lowest BCUT2D eigenvalue weighted by Crippen LogP contribution is -2.32. The Morgan fingerprint density at radius 2 is 1.97 bits per heavy atom. The van der Waals surface area contributed by atoms with Gasteiger partial charge >= 0.3 is 5.69 Å². The molecule has 0 aliphatic heterocycles. The zero-order valence-electron chi connectivity index (χ0n) is 15.3. The fourth-order valence-corrected chi connectivity index (χ4v) is 2.98. The second kappa shape index (κ2) is 8.74. The zero-order valence-corrected chi connectivity index (χ0v) is 16.9. The number of ether oxygens (including phenoxy) is 2. The number of nitrogens with two attached hydrogens (primary N) is 1. The molecule has 150 valence electrons. The summed E-state index contributed by atoms with van der Waals surface area (Å²) in [6.45, 7) is 1.85. The van der Waals surface area contributed by atoms with Crippen LogP contribution in [0.3, 0.4) is 0 Å². The summed E-state index contributed by atoms with van der Waals surface area (Å²) in [4.78, 5) is 38.4. The summed E-state index contributed by atoms with van der Waals surface area (Å²) in [5.74, 6) is 0.0534. The van der Waals surface area contributed by atoms with Crippen LogP contribution in [0, 0.1) is 0 Å². The Labute approximate surface area is 172 Å². The van der Waals surface area contributed by atoms with Crippen molar-refractivity contribution in [3.8, 4) is 11.5 Å². The maximum absolute atomic E-state index is 12.6. The highest BCUT2D eigenvalue weighted by molar-refractivity contribution is 9.10. The average molecular weight is 461 g/mol. The fraction of sp³-hybridized carbons (Fsp3) is 0.158. The van der Waals surface area contributed by atoms with Crippen molar-refractivity contribution < 1.29 is 14.3 Å². The normalized spacial score (nSPS) is 11.1. The van der Waals surface area contributed by atoms with Gasteiger partial charge in [-0.1, -0.05) is 12.1 Å². The van der Waals surface area contributed by atoms with E-state index in [1.165, 1.54) is 6.21 Å². The molecule has 0 bridgehead atoms. The zero-order chi connectivity index (χ0) is 21.0. The maximum Gasteiger partial charge on any atom is 0.349 e. The molecule has 10 heteroatoms. The summed E-state index contributed by atoms with van der Waals surface area (Å²) in [7, 11) is 0. The Bertz CT molecular complexity index is 1220. The van der Waals surface area contributed by atoms with Gasteiger partial charge in [0.25, 0.3) is 11.5 Å². The van der Waals surface area contributed by atoms with E-state index in [2.05, 4.69) is 26.0 Å². The van der Waals surface area contributed by atoms with Crippen LogP contribution in [0.5, 0.6) is 11.5 Å². The van der Waals surface area contributed by atoms with Crippen LogP contribution >= 0.6 is 15.9 Å². The maximum atomic E-state index is 12.6. The first-order valence-corrected chi connectivity index (χ1v) is 9.36. The monoisotopic (exact) mass is 460 g/mol. The number of fused-ring (bicyclic) bond motifs is 1. The third kappa shape index (κ3) is 4.54. The van der Waals surface area contributed by atoms with Crippen molar-refractivity contribution in [2.75, 3.05) is 13.2 Å². The van der Waals surface area contributed by atoms with E-state index in [0.717, 1.165) is 4.68 Å². The number of amides is 1. The van der Waals surface area contributed by atoms with Gasteiger partial charge in [0.2, 0.25) is 0 Å². The number of hydrogen-bond acceptors (Lipinski definition) is 6. The molecule has 0 radical (unpaired) electrons. The van der Waals surface area contributed by atoms with Gasteiger partial charge in [0.05, 0.1) is 23.7 Å². The Morgan fingerprint density at radius 3 is 2.69 bits per heavy atom. The third-order valence-electron chi connectivity index (χ3n) is 3.83. The lowest BCUT2D eigenvalue weighted by atomic mass is 10.2. The molecule has 0 aliphatic carbocycles. The van der Waals surface area contributed by atoms with Crippen LogP contribution in [-0.4, -0.2) is 35.0 Å². The van der Waals surface area contributed by atoms with Gasteiger partial charge in [0, 0.05) is 10.0 Å². The van der Waals surface area contributed by atoms with Crippen molar-refractivity contribution in [2.24, 2.45) is 10.8 Å². The minimum atomic E-state index is -0.660. The second-order valence-electron chi connectivity index (χ2n) is 5.85. The number of carbonyl (C=O) groups excluding carboxylic acids is 1. The van der Waals surface area contributed by atoms with Gasteiger partial charge in [-0.2, -0.15) is 5.10 Å². The number of primary amides is 1. The molecule has 2 aromatic carbocycles. The van der Waals surface area contributed by atoms with E-state index in [1.807, 2.05) is 0 Å². The molecule has 0 fully saturated rings. The molecule has 29 heavy (non-hydrogen) atoms. The van der Waals surface area contributed by atoms with Crippen molar-refractivity contribution in [1.29, 1.82) is 0 Å². The molecule has 9 nitrogen and oxygen atoms in total. The van der Waals surface area contributed by atoms with Crippen LogP contribution in [0.25, 0.3) is 10.9 Å².